The highest BCUT2D eigenvalue weighted by Gasteiger charge is 2.39. The van der Waals surface area contributed by atoms with Crippen molar-refractivity contribution in [3.63, 3.8) is 0 Å². The van der Waals surface area contributed by atoms with Gasteiger partial charge in [-0.3, -0.25) is 14.7 Å². The minimum atomic E-state index is 0.306. The number of fused-ring (bicyclic) bond motifs is 2. The van der Waals surface area contributed by atoms with E-state index in [0.29, 0.717) is 30.5 Å². The van der Waals surface area contributed by atoms with Gasteiger partial charge in [0.1, 0.15) is 0 Å². The maximum atomic E-state index is 12.6. The van der Waals surface area contributed by atoms with Crippen molar-refractivity contribution in [2.75, 3.05) is 13.1 Å². The van der Waals surface area contributed by atoms with Crippen molar-refractivity contribution in [3.05, 3.63) is 30.1 Å². The van der Waals surface area contributed by atoms with E-state index in [1.54, 1.807) is 6.20 Å². The molecule has 2 fully saturated rings. The van der Waals surface area contributed by atoms with Crippen molar-refractivity contribution < 1.29 is 4.79 Å². The van der Waals surface area contributed by atoms with Gasteiger partial charge in [0, 0.05) is 50.0 Å². The van der Waals surface area contributed by atoms with Crippen molar-refractivity contribution in [1.29, 1.82) is 0 Å². The number of aromatic nitrogens is 1. The van der Waals surface area contributed by atoms with Crippen LogP contribution in [0.4, 0.5) is 0 Å². The average Bonchev–Trinajstić information content (AvgIpc) is 2.80. The first-order chi connectivity index (χ1) is 10.6. The topological polar surface area (TPSA) is 36.4 Å². The van der Waals surface area contributed by atoms with E-state index in [9.17, 15) is 4.79 Å². The molecule has 0 N–H and O–H groups in total. The molecule has 1 amide bonds. The first-order valence-corrected chi connectivity index (χ1v) is 8.59. The van der Waals surface area contributed by atoms with Crippen LogP contribution in [0, 0.1) is 0 Å². The minimum Gasteiger partial charge on any atom is -0.341 e. The quantitative estimate of drug-likeness (QED) is 0.857. The van der Waals surface area contributed by atoms with Gasteiger partial charge in [-0.2, -0.15) is 0 Å². The standard InChI is InChI=1S/C18H27N3O/c1-14(2)21-16-6-7-17(21)13-20(11-9-16)18(22)8-5-15-4-3-10-19-12-15/h3-4,10,12,14,16-17H,5-9,11,13H2,1-2H3. The van der Waals surface area contributed by atoms with Gasteiger partial charge in [0.25, 0.3) is 0 Å². The van der Waals surface area contributed by atoms with Crippen molar-refractivity contribution >= 4 is 5.91 Å². The predicted octanol–water partition coefficient (Wildman–Crippen LogP) is 2.49. The van der Waals surface area contributed by atoms with Crippen LogP contribution in [0.3, 0.4) is 0 Å². The van der Waals surface area contributed by atoms with Crippen LogP contribution in [-0.2, 0) is 11.2 Å². The van der Waals surface area contributed by atoms with Gasteiger partial charge in [0.2, 0.25) is 5.91 Å². The lowest BCUT2D eigenvalue weighted by molar-refractivity contribution is -0.131. The molecule has 3 rings (SSSR count). The third kappa shape index (κ3) is 3.32. The third-order valence-electron chi connectivity index (χ3n) is 5.14. The molecular formula is C18H27N3O. The lowest BCUT2D eigenvalue weighted by Gasteiger charge is -2.32. The molecule has 2 atom stereocenters. The van der Waals surface area contributed by atoms with Crippen LogP contribution in [0.2, 0.25) is 0 Å². The van der Waals surface area contributed by atoms with Crippen LogP contribution in [0.15, 0.2) is 24.5 Å². The van der Waals surface area contributed by atoms with Crippen LogP contribution in [-0.4, -0.2) is 51.9 Å². The fourth-order valence-corrected chi connectivity index (χ4v) is 4.14. The smallest absolute Gasteiger partial charge is 0.222 e. The molecule has 0 aliphatic carbocycles. The molecule has 0 saturated carbocycles. The second kappa shape index (κ2) is 6.78. The lowest BCUT2D eigenvalue weighted by Crippen LogP contribution is -2.44. The predicted molar refractivity (Wildman–Crippen MR) is 87.5 cm³/mol. The number of hydrogen-bond acceptors (Lipinski definition) is 3. The van der Waals surface area contributed by atoms with E-state index in [2.05, 4.69) is 28.6 Å². The van der Waals surface area contributed by atoms with E-state index in [4.69, 9.17) is 0 Å². The van der Waals surface area contributed by atoms with Crippen LogP contribution >= 0.6 is 0 Å². The van der Waals surface area contributed by atoms with Gasteiger partial charge in [-0.25, -0.2) is 0 Å². The van der Waals surface area contributed by atoms with E-state index >= 15 is 0 Å². The summed E-state index contributed by atoms with van der Waals surface area (Å²) in [7, 11) is 0. The Labute approximate surface area is 133 Å². The SMILES string of the molecule is CC(C)N1C2CCC1CN(C(=O)CCc1cccnc1)CC2. The van der Waals surface area contributed by atoms with Gasteiger partial charge in [-0.15, -0.1) is 0 Å². The number of carbonyl (C=O) groups is 1. The number of nitrogens with zero attached hydrogens (tertiary/aromatic N) is 3. The Morgan fingerprint density at radius 1 is 1.32 bits per heavy atom. The van der Waals surface area contributed by atoms with Crippen molar-refractivity contribution in [2.24, 2.45) is 0 Å². The maximum absolute atomic E-state index is 12.6. The Morgan fingerprint density at radius 3 is 2.86 bits per heavy atom. The largest absolute Gasteiger partial charge is 0.341 e. The van der Waals surface area contributed by atoms with Gasteiger partial charge >= 0.3 is 0 Å². The zero-order valence-corrected chi connectivity index (χ0v) is 13.7. The molecule has 1 aromatic heterocycles. The Morgan fingerprint density at radius 2 is 2.14 bits per heavy atom. The summed E-state index contributed by atoms with van der Waals surface area (Å²) < 4.78 is 0. The van der Waals surface area contributed by atoms with Crippen molar-refractivity contribution in [2.45, 2.75) is 64.1 Å². The fraction of sp³-hybridized carbons (Fsp3) is 0.667. The molecular weight excluding hydrogens is 274 g/mol. The molecule has 22 heavy (non-hydrogen) atoms. The molecule has 2 unspecified atom stereocenters. The number of carbonyl (C=O) groups excluding carboxylic acids is 1. The summed E-state index contributed by atoms with van der Waals surface area (Å²) in [5.41, 5.74) is 1.15. The molecule has 1 aromatic rings. The molecule has 4 nitrogen and oxygen atoms in total. The highest BCUT2D eigenvalue weighted by molar-refractivity contribution is 5.76. The normalized spacial score (nSPS) is 25.5. The summed E-state index contributed by atoms with van der Waals surface area (Å²) in [6, 6.07) is 5.81. The summed E-state index contributed by atoms with van der Waals surface area (Å²) in [6.07, 6.45) is 8.72. The van der Waals surface area contributed by atoms with Crippen molar-refractivity contribution in [1.82, 2.24) is 14.8 Å². The second-order valence-electron chi connectivity index (χ2n) is 6.92. The molecule has 3 heterocycles. The molecule has 120 valence electrons. The van der Waals surface area contributed by atoms with Crippen LogP contribution in [0.1, 0.15) is 45.1 Å². The lowest BCUT2D eigenvalue weighted by atomic mass is 10.1. The molecule has 2 bridgehead atoms. The second-order valence-corrected chi connectivity index (χ2v) is 6.92. The van der Waals surface area contributed by atoms with E-state index in [-0.39, 0.29) is 0 Å². The van der Waals surface area contributed by atoms with E-state index in [0.717, 1.165) is 31.5 Å². The maximum Gasteiger partial charge on any atom is 0.222 e. The first-order valence-electron chi connectivity index (χ1n) is 8.59. The van der Waals surface area contributed by atoms with Gasteiger partial charge < -0.3 is 4.90 Å². The highest BCUT2D eigenvalue weighted by Crippen LogP contribution is 2.32. The molecule has 4 heteroatoms. The van der Waals surface area contributed by atoms with Crippen molar-refractivity contribution in [3.8, 4) is 0 Å². The number of likely N-dealkylation sites (tertiary alicyclic amines) is 1. The summed E-state index contributed by atoms with van der Waals surface area (Å²) in [4.78, 5) is 21.4. The minimum absolute atomic E-state index is 0.306. The molecule has 2 aliphatic heterocycles. The highest BCUT2D eigenvalue weighted by atomic mass is 16.2. The number of aryl methyl sites for hydroxylation is 1. The molecule has 2 saturated heterocycles. The summed E-state index contributed by atoms with van der Waals surface area (Å²) in [6.45, 7) is 6.41. The van der Waals surface area contributed by atoms with Crippen LogP contribution in [0.25, 0.3) is 0 Å². The number of hydrogen-bond donors (Lipinski definition) is 0. The van der Waals surface area contributed by atoms with Gasteiger partial charge in [-0.05, 0) is 51.2 Å². The number of pyridine rings is 1. The van der Waals surface area contributed by atoms with E-state index in [1.165, 1.54) is 12.8 Å². The third-order valence-corrected chi connectivity index (χ3v) is 5.14. The number of amides is 1. The Kier molecular flexibility index (Phi) is 4.77. The summed E-state index contributed by atoms with van der Waals surface area (Å²) >= 11 is 0. The zero-order chi connectivity index (χ0) is 15.5. The zero-order valence-electron chi connectivity index (χ0n) is 13.7. The molecule has 2 aliphatic rings. The van der Waals surface area contributed by atoms with Crippen LogP contribution < -0.4 is 0 Å². The van der Waals surface area contributed by atoms with Crippen LogP contribution in [0.5, 0.6) is 0 Å². The first kappa shape index (κ1) is 15.5. The number of rotatable bonds is 4. The van der Waals surface area contributed by atoms with E-state index < -0.39 is 0 Å². The molecule has 0 spiro atoms. The fourth-order valence-electron chi connectivity index (χ4n) is 4.14. The monoisotopic (exact) mass is 301 g/mol. The summed E-state index contributed by atoms with van der Waals surface area (Å²) in [5.74, 6) is 0.306. The summed E-state index contributed by atoms with van der Waals surface area (Å²) in [5, 5.41) is 0. The van der Waals surface area contributed by atoms with Gasteiger partial charge in [0.15, 0.2) is 0 Å². The molecule has 0 aromatic carbocycles. The Bertz CT molecular complexity index is 502. The Hall–Kier alpha value is -1.42. The molecule has 0 radical (unpaired) electrons. The van der Waals surface area contributed by atoms with Gasteiger partial charge in [0.05, 0.1) is 0 Å². The Balaban J connectivity index is 1.58. The average molecular weight is 301 g/mol. The van der Waals surface area contributed by atoms with E-state index in [1.807, 2.05) is 18.3 Å². The van der Waals surface area contributed by atoms with Gasteiger partial charge in [-0.1, -0.05) is 6.07 Å².